The number of rotatable bonds is 2. The fraction of sp³-hybridized carbons (Fsp3) is 0.480. The number of fused-ring (bicyclic) bond motifs is 4. The first-order valence-corrected chi connectivity index (χ1v) is 11.0. The van der Waals surface area contributed by atoms with Crippen molar-refractivity contribution in [3.05, 3.63) is 59.5 Å². The van der Waals surface area contributed by atoms with Crippen LogP contribution in [0.4, 0.5) is 4.39 Å². The molecule has 1 saturated carbocycles. The smallest absolute Gasteiger partial charge is 0.123 e. The van der Waals surface area contributed by atoms with Gasteiger partial charge in [-0.1, -0.05) is 6.92 Å². The highest BCUT2D eigenvalue weighted by Crippen LogP contribution is 2.57. The summed E-state index contributed by atoms with van der Waals surface area (Å²) in [5.41, 5.74) is 5.56. The molecule has 2 fully saturated rings. The van der Waals surface area contributed by atoms with E-state index < -0.39 is 0 Å². The third kappa shape index (κ3) is 2.61. The maximum Gasteiger partial charge on any atom is 0.123 e. The van der Waals surface area contributed by atoms with Crippen LogP contribution in [0, 0.1) is 11.7 Å². The molecule has 3 atom stereocenters. The van der Waals surface area contributed by atoms with E-state index in [0.717, 1.165) is 30.1 Å². The lowest BCUT2D eigenvalue weighted by atomic mass is 9.58. The quantitative estimate of drug-likeness (QED) is 0.524. The normalized spacial score (nSPS) is 30.8. The Balaban J connectivity index is 1.49. The predicted molar refractivity (Wildman–Crippen MR) is 112 cm³/mol. The molecule has 3 aromatic rings. The van der Waals surface area contributed by atoms with Gasteiger partial charge in [0.15, 0.2) is 0 Å². The van der Waals surface area contributed by atoms with Gasteiger partial charge in [-0.25, -0.2) is 9.07 Å². The summed E-state index contributed by atoms with van der Waals surface area (Å²) in [5.74, 6) is 0.499. The number of ether oxygens (including phenoxy) is 1. The van der Waals surface area contributed by atoms with Crippen molar-refractivity contribution >= 4 is 10.9 Å². The maximum absolute atomic E-state index is 13.4. The number of nitrogens with zero attached hydrogens (tertiary/aromatic N) is 2. The lowest BCUT2D eigenvalue weighted by Gasteiger charge is -2.46. The molecule has 6 rings (SSSR count). The predicted octanol–water partition coefficient (Wildman–Crippen LogP) is 5.72. The second-order valence-corrected chi connectivity index (χ2v) is 9.38. The van der Waals surface area contributed by atoms with Crippen molar-refractivity contribution in [3.63, 3.8) is 0 Å². The zero-order valence-electron chi connectivity index (χ0n) is 17.0. The zero-order valence-corrected chi connectivity index (χ0v) is 17.0. The van der Waals surface area contributed by atoms with Crippen LogP contribution in [-0.4, -0.2) is 22.0 Å². The van der Waals surface area contributed by atoms with E-state index in [1.54, 1.807) is 17.7 Å². The van der Waals surface area contributed by atoms with Gasteiger partial charge in [0.25, 0.3) is 0 Å². The van der Waals surface area contributed by atoms with Gasteiger partial charge in [0.05, 0.1) is 29.6 Å². The maximum atomic E-state index is 13.4. The van der Waals surface area contributed by atoms with E-state index in [0.29, 0.717) is 0 Å². The molecule has 3 nitrogen and oxygen atoms in total. The molecular weight excluding hydrogens is 363 g/mol. The van der Waals surface area contributed by atoms with Crippen LogP contribution in [0.1, 0.15) is 56.6 Å². The van der Waals surface area contributed by atoms with E-state index in [2.05, 4.69) is 24.2 Å². The molecule has 0 unspecified atom stereocenters. The van der Waals surface area contributed by atoms with Gasteiger partial charge in [-0.3, -0.25) is 0 Å². The minimum absolute atomic E-state index is 0.214. The molecule has 0 radical (unpaired) electrons. The Bertz CT molecular complexity index is 1080. The topological polar surface area (TPSA) is 30.4 Å². The molecule has 150 valence electrons. The van der Waals surface area contributed by atoms with E-state index in [-0.39, 0.29) is 16.8 Å². The minimum atomic E-state index is -0.218. The Kier molecular flexibility index (Phi) is 3.74. The Morgan fingerprint density at radius 1 is 1.21 bits per heavy atom. The number of halogens is 1. The SMILES string of the molecule is CC[C@@]12CC[C@@]3(CO3)C[C@H]1CCCc1cc3c(cnn3-c3ccc(F)cc3)cc12. The highest BCUT2D eigenvalue weighted by atomic mass is 19.1. The molecule has 4 heteroatoms. The van der Waals surface area contributed by atoms with E-state index in [9.17, 15) is 4.39 Å². The van der Waals surface area contributed by atoms with Gasteiger partial charge < -0.3 is 4.74 Å². The third-order valence-electron chi connectivity index (χ3n) is 8.01. The Morgan fingerprint density at radius 2 is 2.03 bits per heavy atom. The summed E-state index contributed by atoms with van der Waals surface area (Å²) in [5, 5.41) is 5.83. The van der Waals surface area contributed by atoms with Crippen molar-refractivity contribution in [2.75, 3.05) is 6.61 Å². The molecular formula is C25H27FN2O. The summed E-state index contributed by atoms with van der Waals surface area (Å²) < 4.78 is 21.2. The van der Waals surface area contributed by atoms with E-state index >= 15 is 0 Å². The molecule has 1 aliphatic heterocycles. The number of benzene rings is 2. The standard InChI is InChI=1S/C25H27FN2O/c1-2-25-11-10-24(16-29-24)14-19(25)5-3-4-17-13-23-18(12-22(17)25)15-27-28(23)21-8-6-20(26)7-9-21/h6-9,12-13,15,19H,2-5,10-11,14,16H2,1H3/t19-,24+,25-/m1/s1. The summed E-state index contributed by atoms with van der Waals surface area (Å²) in [6.07, 6.45) is 10.5. The van der Waals surface area contributed by atoms with Crippen molar-refractivity contribution < 1.29 is 9.13 Å². The second-order valence-electron chi connectivity index (χ2n) is 9.38. The zero-order chi connectivity index (χ0) is 19.6. The van der Waals surface area contributed by atoms with E-state index in [1.807, 2.05) is 10.9 Å². The van der Waals surface area contributed by atoms with Crippen LogP contribution in [-0.2, 0) is 16.6 Å². The molecule has 2 aliphatic carbocycles. The molecule has 29 heavy (non-hydrogen) atoms. The average Bonchev–Trinajstić information content (AvgIpc) is 3.40. The van der Waals surface area contributed by atoms with Crippen molar-refractivity contribution in [1.29, 1.82) is 0 Å². The number of aryl methyl sites for hydroxylation is 1. The first-order chi connectivity index (χ1) is 14.1. The van der Waals surface area contributed by atoms with Gasteiger partial charge in [0, 0.05) is 5.39 Å². The third-order valence-corrected chi connectivity index (χ3v) is 8.01. The highest BCUT2D eigenvalue weighted by molar-refractivity contribution is 5.82. The summed E-state index contributed by atoms with van der Waals surface area (Å²) in [6.45, 7) is 3.35. The van der Waals surface area contributed by atoms with Crippen LogP contribution in [0.25, 0.3) is 16.6 Å². The molecule has 0 bridgehead atoms. The minimum Gasteiger partial charge on any atom is -0.370 e. The second kappa shape index (κ2) is 6.15. The van der Waals surface area contributed by atoms with E-state index in [4.69, 9.17) is 4.74 Å². The lowest BCUT2D eigenvalue weighted by Crippen LogP contribution is -2.43. The highest BCUT2D eigenvalue weighted by Gasteiger charge is 2.56. The monoisotopic (exact) mass is 390 g/mol. The van der Waals surface area contributed by atoms with Crippen molar-refractivity contribution in [2.45, 2.75) is 62.9 Å². The van der Waals surface area contributed by atoms with Crippen molar-refractivity contribution in [1.82, 2.24) is 9.78 Å². The summed E-state index contributed by atoms with van der Waals surface area (Å²) in [4.78, 5) is 0. The van der Waals surface area contributed by atoms with Crippen molar-refractivity contribution in [3.8, 4) is 5.69 Å². The number of hydrogen-bond acceptors (Lipinski definition) is 2. The molecule has 1 saturated heterocycles. The Labute approximate surface area is 170 Å². The van der Waals surface area contributed by atoms with Gasteiger partial charge in [-0.2, -0.15) is 5.10 Å². The summed E-state index contributed by atoms with van der Waals surface area (Å²) in [6, 6.07) is 11.4. The van der Waals surface area contributed by atoms with Crippen LogP contribution in [0.3, 0.4) is 0 Å². The molecule has 2 aromatic carbocycles. The van der Waals surface area contributed by atoms with E-state index in [1.165, 1.54) is 61.6 Å². The van der Waals surface area contributed by atoms with Gasteiger partial charge in [-0.15, -0.1) is 0 Å². The fourth-order valence-electron chi connectivity index (χ4n) is 6.27. The molecule has 3 aliphatic rings. The molecule has 2 heterocycles. The first-order valence-electron chi connectivity index (χ1n) is 11.0. The molecule has 1 spiro atoms. The fourth-order valence-corrected chi connectivity index (χ4v) is 6.27. The number of hydrogen-bond donors (Lipinski definition) is 0. The molecule has 0 N–H and O–H groups in total. The molecule has 1 aromatic heterocycles. The van der Waals surface area contributed by atoms with Crippen LogP contribution in [0.2, 0.25) is 0 Å². The Hall–Kier alpha value is -2.20. The lowest BCUT2D eigenvalue weighted by molar-refractivity contribution is 0.0970. The van der Waals surface area contributed by atoms with Crippen LogP contribution < -0.4 is 0 Å². The van der Waals surface area contributed by atoms with Crippen LogP contribution in [0.5, 0.6) is 0 Å². The Morgan fingerprint density at radius 3 is 2.79 bits per heavy atom. The summed E-state index contributed by atoms with van der Waals surface area (Å²) in [7, 11) is 0. The van der Waals surface area contributed by atoms with Gasteiger partial charge in [0.1, 0.15) is 5.82 Å². The number of aromatic nitrogens is 2. The molecule has 0 amide bonds. The van der Waals surface area contributed by atoms with Crippen LogP contribution in [0.15, 0.2) is 42.6 Å². The van der Waals surface area contributed by atoms with Gasteiger partial charge in [-0.05, 0) is 104 Å². The average molecular weight is 391 g/mol. The van der Waals surface area contributed by atoms with Gasteiger partial charge >= 0.3 is 0 Å². The largest absolute Gasteiger partial charge is 0.370 e. The van der Waals surface area contributed by atoms with Crippen LogP contribution >= 0.6 is 0 Å². The first kappa shape index (κ1) is 17.6. The number of epoxide rings is 1. The summed E-state index contributed by atoms with van der Waals surface area (Å²) >= 11 is 0. The van der Waals surface area contributed by atoms with Crippen molar-refractivity contribution in [2.24, 2.45) is 5.92 Å². The van der Waals surface area contributed by atoms with Gasteiger partial charge in [0.2, 0.25) is 0 Å².